The Morgan fingerprint density at radius 1 is 1.11 bits per heavy atom. The average Bonchev–Trinajstić information content (AvgIpc) is 3.24. The summed E-state index contributed by atoms with van der Waals surface area (Å²) in [4.78, 5) is 21.1. The van der Waals surface area contributed by atoms with Gasteiger partial charge in [0.25, 0.3) is 5.91 Å². The van der Waals surface area contributed by atoms with E-state index in [1.54, 1.807) is 0 Å². The minimum Gasteiger partial charge on any atom is -0.368 e. The number of carbonyl (C=O) groups excluding carboxylic acids is 1. The number of pyridine rings is 1. The topological polar surface area (TPSA) is 57.7 Å². The summed E-state index contributed by atoms with van der Waals surface area (Å²) in [6.07, 6.45) is 3.19. The number of halogens is 1. The van der Waals surface area contributed by atoms with Crippen molar-refractivity contribution < 1.29 is 9.53 Å². The van der Waals surface area contributed by atoms with E-state index in [1.807, 2.05) is 36.5 Å². The van der Waals surface area contributed by atoms with E-state index < -0.39 is 0 Å². The molecule has 1 aromatic heterocycles. The fraction of sp³-hybridized carbons (Fsp3) is 0.400. The Morgan fingerprint density at radius 3 is 2.52 bits per heavy atom. The van der Waals surface area contributed by atoms with Crippen molar-refractivity contribution in [3.63, 3.8) is 0 Å². The van der Waals surface area contributed by atoms with Crippen LogP contribution >= 0.6 is 11.6 Å². The van der Waals surface area contributed by atoms with Gasteiger partial charge < -0.3 is 19.9 Å². The molecular formula is C20H23ClN4O2. The van der Waals surface area contributed by atoms with Crippen molar-refractivity contribution in [3.8, 4) is 0 Å². The molecule has 2 fully saturated rings. The van der Waals surface area contributed by atoms with Gasteiger partial charge in [-0.1, -0.05) is 17.7 Å². The van der Waals surface area contributed by atoms with Crippen LogP contribution in [-0.2, 0) is 9.53 Å². The lowest BCUT2D eigenvalue weighted by molar-refractivity contribution is -0.124. The number of hydrogen-bond donors (Lipinski definition) is 1. The molecule has 6 nitrogen and oxygen atoms in total. The number of nitrogens with one attached hydrogen (secondary N) is 1. The SMILES string of the molecule is O=C(Nc1ccc(N2CCN(c3cccc(Cl)c3)CC2)cn1)C1CCCO1. The second-order valence-electron chi connectivity index (χ2n) is 6.85. The molecule has 1 atom stereocenters. The fourth-order valence-electron chi connectivity index (χ4n) is 3.53. The molecule has 2 saturated heterocycles. The Kier molecular flexibility index (Phi) is 5.45. The first-order valence-electron chi connectivity index (χ1n) is 9.33. The quantitative estimate of drug-likeness (QED) is 0.874. The van der Waals surface area contributed by atoms with Gasteiger partial charge in [0.15, 0.2) is 0 Å². The van der Waals surface area contributed by atoms with E-state index in [-0.39, 0.29) is 12.0 Å². The number of hydrogen-bond acceptors (Lipinski definition) is 5. The molecule has 3 heterocycles. The molecule has 0 saturated carbocycles. The molecule has 0 aliphatic carbocycles. The normalized spacial score (nSPS) is 20.0. The minimum absolute atomic E-state index is 0.108. The monoisotopic (exact) mass is 386 g/mol. The Hall–Kier alpha value is -2.31. The van der Waals surface area contributed by atoms with Crippen LogP contribution in [0.4, 0.5) is 17.2 Å². The second-order valence-corrected chi connectivity index (χ2v) is 7.28. The van der Waals surface area contributed by atoms with Gasteiger partial charge in [0.05, 0.1) is 11.9 Å². The lowest BCUT2D eigenvalue weighted by atomic mass is 10.2. The third-order valence-electron chi connectivity index (χ3n) is 5.04. The van der Waals surface area contributed by atoms with Crippen LogP contribution in [0.15, 0.2) is 42.6 Å². The van der Waals surface area contributed by atoms with Crippen LogP contribution in [0.5, 0.6) is 0 Å². The van der Waals surface area contributed by atoms with Crippen molar-refractivity contribution in [1.82, 2.24) is 4.98 Å². The first-order valence-corrected chi connectivity index (χ1v) is 9.71. The van der Waals surface area contributed by atoms with Gasteiger partial charge in [0.1, 0.15) is 11.9 Å². The maximum atomic E-state index is 12.1. The van der Waals surface area contributed by atoms with Crippen LogP contribution in [-0.4, -0.2) is 49.8 Å². The van der Waals surface area contributed by atoms with Gasteiger partial charge in [-0.25, -0.2) is 4.98 Å². The van der Waals surface area contributed by atoms with Crippen molar-refractivity contribution in [2.24, 2.45) is 0 Å². The molecular weight excluding hydrogens is 364 g/mol. The molecule has 0 radical (unpaired) electrons. The van der Waals surface area contributed by atoms with E-state index in [4.69, 9.17) is 16.3 Å². The summed E-state index contributed by atoms with van der Waals surface area (Å²) >= 11 is 6.10. The number of benzene rings is 1. The van der Waals surface area contributed by atoms with E-state index in [1.165, 1.54) is 0 Å². The van der Waals surface area contributed by atoms with Gasteiger partial charge >= 0.3 is 0 Å². The van der Waals surface area contributed by atoms with Crippen LogP contribution in [0.1, 0.15) is 12.8 Å². The highest BCUT2D eigenvalue weighted by Crippen LogP contribution is 2.23. The smallest absolute Gasteiger partial charge is 0.254 e. The highest BCUT2D eigenvalue weighted by molar-refractivity contribution is 6.30. The predicted molar refractivity (Wildman–Crippen MR) is 108 cm³/mol. The van der Waals surface area contributed by atoms with Crippen molar-refractivity contribution in [1.29, 1.82) is 0 Å². The number of amides is 1. The maximum Gasteiger partial charge on any atom is 0.254 e. The highest BCUT2D eigenvalue weighted by atomic mass is 35.5. The van der Waals surface area contributed by atoms with Gasteiger partial charge in [-0.2, -0.15) is 0 Å². The molecule has 2 aliphatic heterocycles. The Labute approximate surface area is 164 Å². The first-order chi connectivity index (χ1) is 13.2. The molecule has 0 spiro atoms. The van der Waals surface area contributed by atoms with Crippen LogP contribution in [0.25, 0.3) is 0 Å². The standard InChI is InChI=1S/C20H23ClN4O2/c21-15-3-1-4-16(13-15)24-8-10-25(11-9-24)17-6-7-19(22-14-17)23-20(26)18-5-2-12-27-18/h1,3-4,6-7,13-14,18H,2,5,8-12H2,(H,22,23,26). The van der Waals surface area contributed by atoms with Crippen LogP contribution in [0, 0.1) is 0 Å². The van der Waals surface area contributed by atoms with Gasteiger partial charge in [-0.15, -0.1) is 0 Å². The zero-order valence-electron chi connectivity index (χ0n) is 15.1. The third kappa shape index (κ3) is 4.34. The summed E-state index contributed by atoms with van der Waals surface area (Å²) < 4.78 is 5.40. The van der Waals surface area contributed by atoms with Crippen LogP contribution < -0.4 is 15.1 Å². The summed E-state index contributed by atoms with van der Waals surface area (Å²) in [7, 11) is 0. The summed E-state index contributed by atoms with van der Waals surface area (Å²) in [5.41, 5.74) is 2.23. The molecule has 2 aromatic rings. The van der Waals surface area contributed by atoms with E-state index >= 15 is 0 Å². The van der Waals surface area contributed by atoms with E-state index in [2.05, 4.69) is 26.2 Å². The average molecular weight is 387 g/mol. The molecule has 1 N–H and O–H groups in total. The largest absolute Gasteiger partial charge is 0.368 e. The van der Waals surface area contributed by atoms with E-state index in [9.17, 15) is 4.79 Å². The molecule has 1 amide bonds. The Bertz CT molecular complexity index is 785. The van der Waals surface area contributed by atoms with Gasteiger partial charge in [0.2, 0.25) is 0 Å². The Balaban J connectivity index is 1.32. The highest BCUT2D eigenvalue weighted by Gasteiger charge is 2.24. The number of ether oxygens (including phenoxy) is 1. The number of aromatic nitrogens is 1. The van der Waals surface area contributed by atoms with Gasteiger partial charge in [0, 0.05) is 43.5 Å². The zero-order valence-corrected chi connectivity index (χ0v) is 15.9. The fourth-order valence-corrected chi connectivity index (χ4v) is 3.72. The van der Waals surface area contributed by atoms with Crippen molar-refractivity contribution in [3.05, 3.63) is 47.6 Å². The lowest BCUT2D eigenvalue weighted by Crippen LogP contribution is -2.46. The second kappa shape index (κ2) is 8.15. The van der Waals surface area contributed by atoms with Crippen LogP contribution in [0.3, 0.4) is 0 Å². The molecule has 1 aromatic carbocycles. The van der Waals surface area contributed by atoms with Crippen molar-refractivity contribution in [2.75, 3.05) is 47.9 Å². The lowest BCUT2D eigenvalue weighted by Gasteiger charge is -2.37. The molecule has 2 aliphatic rings. The first kappa shape index (κ1) is 18.1. The predicted octanol–water partition coefficient (Wildman–Crippen LogP) is 3.18. The number of anilines is 3. The number of carbonyl (C=O) groups is 1. The molecule has 4 rings (SSSR count). The van der Waals surface area contributed by atoms with E-state index in [0.29, 0.717) is 12.4 Å². The summed E-state index contributed by atoms with van der Waals surface area (Å²) in [6, 6.07) is 11.8. The molecule has 27 heavy (non-hydrogen) atoms. The summed E-state index contributed by atoms with van der Waals surface area (Å²) in [5, 5.41) is 3.60. The summed E-state index contributed by atoms with van der Waals surface area (Å²) in [5.74, 6) is 0.458. The van der Waals surface area contributed by atoms with Gasteiger partial charge in [-0.3, -0.25) is 4.79 Å². The zero-order chi connectivity index (χ0) is 18.6. The van der Waals surface area contributed by atoms with Crippen LogP contribution in [0.2, 0.25) is 5.02 Å². The summed E-state index contributed by atoms with van der Waals surface area (Å²) in [6.45, 7) is 4.34. The molecule has 142 valence electrons. The number of nitrogens with zero attached hydrogens (tertiary/aromatic N) is 3. The third-order valence-corrected chi connectivity index (χ3v) is 5.27. The number of rotatable bonds is 4. The number of piperazine rings is 1. The minimum atomic E-state index is -0.342. The maximum absolute atomic E-state index is 12.1. The molecule has 7 heteroatoms. The van der Waals surface area contributed by atoms with E-state index in [0.717, 1.165) is 55.4 Å². The van der Waals surface area contributed by atoms with Crippen molar-refractivity contribution in [2.45, 2.75) is 18.9 Å². The molecule has 1 unspecified atom stereocenters. The molecule has 0 bridgehead atoms. The van der Waals surface area contributed by atoms with Gasteiger partial charge in [-0.05, 0) is 43.2 Å². The Morgan fingerprint density at radius 2 is 1.89 bits per heavy atom. The van der Waals surface area contributed by atoms with Crippen molar-refractivity contribution >= 4 is 34.7 Å².